The standard InChI is InChI=1S/C17H24ClNO5/c1-12(2)23-10-8-15(17(21)22-3)19-16(20)9-11-24-14-6-4-13(18)5-7-14/h4-7,12,15H,8-11H2,1-3H3,(H,19,20)/t15-/m1/s1. The molecule has 1 aromatic carbocycles. The van der Waals surface area contributed by atoms with Crippen LogP contribution < -0.4 is 10.1 Å². The van der Waals surface area contributed by atoms with Crippen molar-refractivity contribution in [3.8, 4) is 5.75 Å². The third kappa shape index (κ3) is 8.17. The summed E-state index contributed by atoms with van der Waals surface area (Å²) in [6, 6.07) is 6.14. The SMILES string of the molecule is COC(=O)[C@@H](CCOC(C)C)NC(=O)CCOc1ccc(Cl)cc1. The average molecular weight is 358 g/mol. The molecule has 0 aliphatic heterocycles. The molecular weight excluding hydrogens is 334 g/mol. The number of methoxy groups -OCH3 is 1. The summed E-state index contributed by atoms with van der Waals surface area (Å²) in [6.07, 6.45) is 0.544. The van der Waals surface area contributed by atoms with Crippen LogP contribution in [0.1, 0.15) is 26.7 Å². The van der Waals surface area contributed by atoms with Gasteiger partial charge < -0.3 is 19.5 Å². The highest BCUT2D eigenvalue weighted by Gasteiger charge is 2.21. The Kier molecular flexibility index (Phi) is 9.19. The van der Waals surface area contributed by atoms with Crippen LogP contribution in [0.3, 0.4) is 0 Å². The van der Waals surface area contributed by atoms with Gasteiger partial charge in [0, 0.05) is 18.1 Å². The third-order valence-electron chi connectivity index (χ3n) is 3.09. The summed E-state index contributed by atoms with van der Waals surface area (Å²) in [6.45, 7) is 4.36. The molecule has 134 valence electrons. The first-order valence-corrected chi connectivity index (χ1v) is 8.17. The number of amides is 1. The number of rotatable bonds is 10. The predicted molar refractivity (Wildman–Crippen MR) is 91.2 cm³/mol. The van der Waals surface area contributed by atoms with Crippen molar-refractivity contribution in [1.29, 1.82) is 0 Å². The average Bonchev–Trinajstić information content (AvgIpc) is 2.54. The van der Waals surface area contributed by atoms with E-state index < -0.39 is 12.0 Å². The van der Waals surface area contributed by atoms with E-state index in [1.165, 1.54) is 7.11 Å². The van der Waals surface area contributed by atoms with Crippen molar-refractivity contribution < 1.29 is 23.8 Å². The minimum atomic E-state index is -0.725. The molecule has 0 aromatic heterocycles. The molecule has 6 nitrogen and oxygen atoms in total. The van der Waals surface area contributed by atoms with Crippen LogP contribution in [0.2, 0.25) is 5.02 Å². The lowest BCUT2D eigenvalue weighted by atomic mass is 10.2. The van der Waals surface area contributed by atoms with E-state index in [2.05, 4.69) is 5.32 Å². The van der Waals surface area contributed by atoms with Crippen LogP contribution in [0.4, 0.5) is 0 Å². The molecule has 0 saturated heterocycles. The summed E-state index contributed by atoms with van der Waals surface area (Å²) in [5.41, 5.74) is 0. The van der Waals surface area contributed by atoms with Crippen molar-refractivity contribution in [3.05, 3.63) is 29.3 Å². The summed E-state index contributed by atoms with van der Waals surface area (Å²) in [5.74, 6) is -0.153. The molecule has 0 aliphatic rings. The highest BCUT2D eigenvalue weighted by Crippen LogP contribution is 2.15. The molecule has 7 heteroatoms. The summed E-state index contributed by atoms with van der Waals surface area (Å²) in [5, 5.41) is 3.26. The number of carbonyl (C=O) groups excluding carboxylic acids is 2. The van der Waals surface area contributed by atoms with Gasteiger partial charge in [0.15, 0.2) is 0 Å². The number of hydrogen-bond acceptors (Lipinski definition) is 5. The lowest BCUT2D eigenvalue weighted by Gasteiger charge is -2.17. The number of carbonyl (C=O) groups is 2. The van der Waals surface area contributed by atoms with Gasteiger partial charge in [-0.1, -0.05) is 11.6 Å². The third-order valence-corrected chi connectivity index (χ3v) is 3.34. The Bertz CT molecular complexity index is 518. The molecule has 1 amide bonds. The molecule has 1 rings (SSSR count). The van der Waals surface area contributed by atoms with E-state index in [1.807, 2.05) is 13.8 Å². The fraction of sp³-hybridized carbons (Fsp3) is 0.529. The molecule has 1 aromatic rings. The van der Waals surface area contributed by atoms with Gasteiger partial charge in [-0.05, 0) is 38.1 Å². The Morgan fingerprint density at radius 2 is 1.83 bits per heavy atom. The Morgan fingerprint density at radius 3 is 2.42 bits per heavy atom. The zero-order chi connectivity index (χ0) is 17.9. The fourth-order valence-electron chi connectivity index (χ4n) is 1.87. The van der Waals surface area contributed by atoms with Crippen molar-refractivity contribution in [2.75, 3.05) is 20.3 Å². The van der Waals surface area contributed by atoms with Crippen molar-refractivity contribution in [1.82, 2.24) is 5.32 Å². The maximum atomic E-state index is 12.0. The van der Waals surface area contributed by atoms with Crippen LogP contribution in [0.5, 0.6) is 5.75 Å². The lowest BCUT2D eigenvalue weighted by molar-refractivity contribution is -0.145. The van der Waals surface area contributed by atoms with E-state index in [0.717, 1.165) is 0 Å². The Labute approximate surface area is 147 Å². The molecule has 1 atom stereocenters. The van der Waals surface area contributed by atoms with Crippen LogP contribution in [-0.2, 0) is 19.1 Å². The Balaban J connectivity index is 2.37. The van der Waals surface area contributed by atoms with Gasteiger partial charge in [-0.3, -0.25) is 4.79 Å². The van der Waals surface area contributed by atoms with Crippen LogP contribution in [0.25, 0.3) is 0 Å². The van der Waals surface area contributed by atoms with Crippen LogP contribution in [0.15, 0.2) is 24.3 Å². The quantitative estimate of drug-likeness (QED) is 0.651. The van der Waals surface area contributed by atoms with Crippen molar-refractivity contribution in [2.45, 2.75) is 38.8 Å². The second kappa shape index (κ2) is 10.9. The van der Waals surface area contributed by atoms with Gasteiger partial charge in [-0.2, -0.15) is 0 Å². The monoisotopic (exact) mass is 357 g/mol. The first kappa shape index (κ1) is 20.3. The molecule has 0 heterocycles. The minimum absolute atomic E-state index is 0.0618. The van der Waals surface area contributed by atoms with Crippen LogP contribution in [0, 0.1) is 0 Å². The summed E-state index contributed by atoms with van der Waals surface area (Å²) < 4.78 is 15.6. The molecule has 0 aliphatic carbocycles. The smallest absolute Gasteiger partial charge is 0.328 e. The normalized spacial score (nSPS) is 11.9. The summed E-state index contributed by atoms with van der Waals surface area (Å²) >= 11 is 5.78. The number of benzene rings is 1. The van der Waals surface area contributed by atoms with Crippen LogP contribution >= 0.6 is 11.6 Å². The van der Waals surface area contributed by atoms with E-state index in [4.69, 9.17) is 25.8 Å². The summed E-state index contributed by atoms with van der Waals surface area (Å²) in [4.78, 5) is 23.7. The van der Waals surface area contributed by atoms with Crippen molar-refractivity contribution in [2.24, 2.45) is 0 Å². The predicted octanol–water partition coefficient (Wildman–Crippen LogP) is 2.58. The maximum absolute atomic E-state index is 12.0. The molecule has 0 unspecified atom stereocenters. The highest BCUT2D eigenvalue weighted by molar-refractivity contribution is 6.30. The molecule has 0 bridgehead atoms. The van der Waals surface area contributed by atoms with Crippen molar-refractivity contribution >= 4 is 23.5 Å². The molecule has 0 radical (unpaired) electrons. The number of hydrogen-bond donors (Lipinski definition) is 1. The lowest BCUT2D eigenvalue weighted by Crippen LogP contribution is -2.42. The van der Waals surface area contributed by atoms with E-state index in [9.17, 15) is 9.59 Å². The van der Waals surface area contributed by atoms with Crippen molar-refractivity contribution in [3.63, 3.8) is 0 Å². The zero-order valence-electron chi connectivity index (χ0n) is 14.2. The van der Waals surface area contributed by atoms with Gasteiger partial charge in [0.25, 0.3) is 0 Å². The van der Waals surface area contributed by atoms with Gasteiger partial charge in [0.1, 0.15) is 11.8 Å². The number of nitrogens with one attached hydrogen (secondary N) is 1. The molecule has 0 spiro atoms. The van der Waals surface area contributed by atoms with E-state index >= 15 is 0 Å². The molecule has 1 N–H and O–H groups in total. The number of ether oxygens (including phenoxy) is 3. The molecule has 0 saturated carbocycles. The fourth-order valence-corrected chi connectivity index (χ4v) is 2.00. The first-order chi connectivity index (χ1) is 11.4. The van der Waals surface area contributed by atoms with E-state index in [1.54, 1.807) is 24.3 Å². The second-order valence-corrected chi connectivity index (χ2v) is 5.84. The van der Waals surface area contributed by atoms with E-state index in [-0.39, 0.29) is 25.0 Å². The highest BCUT2D eigenvalue weighted by atomic mass is 35.5. The van der Waals surface area contributed by atoms with Gasteiger partial charge in [0.2, 0.25) is 5.91 Å². The molecular formula is C17H24ClNO5. The second-order valence-electron chi connectivity index (χ2n) is 5.40. The van der Waals surface area contributed by atoms with Gasteiger partial charge >= 0.3 is 5.97 Å². The zero-order valence-corrected chi connectivity index (χ0v) is 15.0. The Hall–Kier alpha value is -1.79. The molecule has 24 heavy (non-hydrogen) atoms. The maximum Gasteiger partial charge on any atom is 0.328 e. The summed E-state index contributed by atoms with van der Waals surface area (Å²) in [7, 11) is 1.29. The van der Waals surface area contributed by atoms with Gasteiger partial charge in [0.05, 0.1) is 26.2 Å². The van der Waals surface area contributed by atoms with Gasteiger partial charge in [-0.25, -0.2) is 4.79 Å². The largest absolute Gasteiger partial charge is 0.493 e. The van der Waals surface area contributed by atoms with E-state index in [0.29, 0.717) is 23.8 Å². The number of halogens is 1. The number of esters is 1. The first-order valence-electron chi connectivity index (χ1n) is 7.79. The Morgan fingerprint density at radius 1 is 1.17 bits per heavy atom. The van der Waals surface area contributed by atoms with Crippen LogP contribution in [-0.4, -0.2) is 44.3 Å². The minimum Gasteiger partial charge on any atom is -0.493 e. The molecule has 0 fully saturated rings. The van der Waals surface area contributed by atoms with Gasteiger partial charge in [-0.15, -0.1) is 0 Å². The topological polar surface area (TPSA) is 73.9 Å².